The number of nitrogens with two attached hydrogens (primary N) is 1. The maximum Gasteiger partial charge on any atom is 0.261 e. The largest absolute Gasteiger partial charge is 0.340 e. The van der Waals surface area contributed by atoms with E-state index in [4.69, 9.17) is 5.73 Å². The van der Waals surface area contributed by atoms with Crippen LogP contribution in [0.25, 0.3) is 0 Å². The molecule has 1 aliphatic heterocycles. The Morgan fingerprint density at radius 1 is 1.24 bits per heavy atom. The topological polar surface area (TPSA) is 75.4 Å². The van der Waals surface area contributed by atoms with Gasteiger partial charge in [-0.1, -0.05) is 36.4 Å². The Labute approximate surface area is 151 Å². The number of hydrogen-bond donors (Lipinski definition) is 2. The van der Waals surface area contributed by atoms with Gasteiger partial charge >= 0.3 is 0 Å². The van der Waals surface area contributed by atoms with Gasteiger partial charge < -0.3 is 16.0 Å². The van der Waals surface area contributed by atoms with Crippen molar-refractivity contribution >= 4 is 23.2 Å². The fourth-order valence-corrected chi connectivity index (χ4v) is 4.01. The molecule has 132 valence electrons. The Hall–Kier alpha value is -2.18. The molecule has 1 fully saturated rings. The molecular formula is C19H23N3O2S. The van der Waals surface area contributed by atoms with Crippen LogP contribution in [0.15, 0.2) is 47.8 Å². The highest BCUT2D eigenvalue weighted by Gasteiger charge is 2.36. The quantitative estimate of drug-likeness (QED) is 0.860. The van der Waals surface area contributed by atoms with Crippen LogP contribution in [0.5, 0.6) is 0 Å². The lowest BCUT2D eigenvalue weighted by atomic mass is 9.89. The summed E-state index contributed by atoms with van der Waals surface area (Å²) in [6, 6.07) is 13.2. The number of hydrogen-bond acceptors (Lipinski definition) is 4. The summed E-state index contributed by atoms with van der Waals surface area (Å²) in [7, 11) is 0. The Morgan fingerprint density at radius 3 is 2.64 bits per heavy atom. The van der Waals surface area contributed by atoms with Gasteiger partial charge in [0.2, 0.25) is 5.91 Å². The van der Waals surface area contributed by atoms with Crippen LogP contribution in [0.4, 0.5) is 0 Å². The van der Waals surface area contributed by atoms with Crippen LogP contribution in [0.1, 0.15) is 28.1 Å². The highest BCUT2D eigenvalue weighted by Crippen LogP contribution is 2.32. The lowest BCUT2D eigenvalue weighted by Crippen LogP contribution is -2.46. The van der Waals surface area contributed by atoms with Crippen molar-refractivity contribution in [3.05, 3.63) is 58.3 Å². The van der Waals surface area contributed by atoms with Gasteiger partial charge in [0.1, 0.15) is 6.04 Å². The molecule has 1 saturated heterocycles. The van der Waals surface area contributed by atoms with Crippen molar-refractivity contribution in [2.45, 2.75) is 18.9 Å². The predicted octanol–water partition coefficient (Wildman–Crippen LogP) is 2.07. The molecule has 3 atom stereocenters. The first-order valence-corrected chi connectivity index (χ1v) is 9.36. The van der Waals surface area contributed by atoms with E-state index < -0.39 is 6.04 Å². The minimum atomic E-state index is -0.553. The van der Waals surface area contributed by atoms with Crippen LogP contribution >= 0.6 is 11.3 Å². The summed E-state index contributed by atoms with van der Waals surface area (Å²) in [6.45, 7) is 3.55. The molecule has 2 amide bonds. The SMILES string of the molecule is CC(NC(=O)c1cccs1)C(=O)N1C[C@@H](CN)[C@H](c2ccccc2)C1. The minimum Gasteiger partial charge on any atom is -0.340 e. The van der Waals surface area contributed by atoms with Crippen molar-refractivity contribution in [2.75, 3.05) is 19.6 Å². The van der Waals surface area contributed by atoms with Crippen LogP contribution in [-0.4, -0.2) is 42.4 Å². The second kappa shape index (κ2) is 7.80. The van der Waals surface area contributed by atoms with Crippen LogP contribution in [0, 0.1) is 5.92 Å². The Kier molecular flexibility index (Phi) is 5.50. The molecule has 3 rings (SSSR count). The van der Waals surface area contributed by atoms with Gasteiger partial charge in [-0.2, -0.15) is 0 Å². The molecule has 0 saturated carbocycles. The van der Waals surface area contributed by atoms with Crippen molar-refractivity contribution < 1.29 is 9.59 Å². The number of likely N-dealkylation sites (tertiary alicyclic amines) is 1. The Balaban J connectivity index is 1.65. The molecule has 0 aliphatic carbocycles. The lowest BCUT2D eigenvalue weighted by molar-refractivity contribution is -0.131. The molecule has 1 aliphatic rings. The first-order chi connectivity index (χ1) is 12.1. The van der Waals surface area contributed by atoms with Crippen LogP contribution in [0.2, 0.25) is 0 Å². The van der Waals surface area contributed by atoms with Crippen molar-refractivity contribution in [2.24, 2.45) is 11.7 Å². The molecule has 2 aromatic rings. The molecule has 1 aromatic heterocycles. The number of nitrogens with zero attached hydrogens (tertiary/aromatic N) is 1. The fraction of sp³-hybridized carbons (Fsp3) is 0.368. The molecule has 0 radical (unpaired) electrons. The van der Waals surface area contributed by atoms with Crippen LogP contribution < -0.4 is 11.1 Å². The third-order valence-corrected chi connectivity index (χ3v) is 5.61. The molecule has 2 heterocycles. The maximum absolute atomic E-state index is 12.8. The van der Waals surface area contributed by atoms with Crippen molar-refractivity contribution in [3.63, 3.8) is 0 Å². The number of amides is 2. The number of nitrogens with one attached hydrogen (secondary N) is 1. The van der Waals surface area contributed by atoms with Crippen molar-refractivity contribution in [3.8, 4) is 0 Å². The van der Waals surface area contributed by atoms with E-state index in [1.54, 1.807) is 13.0 Å². The number of thiophene rings is 1. The molecule has 6 heteroatoms. The molecule has 1 aromatic carbocycles. The van der Waals surface area contributed by atoms with E-state index in [0.29, 0.717) is 24.5 Å². The fourth-order valence-electron chi connectivity index (χ4n) is 3.38. The van der Waals surface area contributed by atoms with Crippen LogP contribution in [-0.2, 0) is 4.79 Å². The molecule has 3 N–H and O–H groups in total. The van der Waals surface area contributed by atoms with Crippen molar-refractivity contribution in [1.82, 2.24) is 10.2 Å². The molecule has 25 heavy (non-hydrogen) atoms. The van der Waals surface area contributed by atoms with Gasteiger partial charge in [-0.05, 0) is 36.4 Å². The first-order valence-electron chi connectivity index (χ1n) is 8.48. The van der Waals surface area contributed by atoms with Gasteiger partial charge in [-0.15, -0.1) is 11.3 Å². The molecule has 0 bridgehead atoms. The monoisotopic (exact) mass is 357 g/mol. The second-order valence-electron chi connectivity index (χ2n) is 6.43. The minimum absolute atomic E-state index is 0.0539. The Bertz CT molecular complexity index is 718. The third kappa shape index (κ3) is 3.91. The van der Waals surface area contributed by atoms with Crippen molar-refractivity contribution in [1.29, 1.82) is 0 Å². The summed E-state index contributed by atoms with van der Waals surface area (Å²) in [5.41, 5.74) is 7.15. The van der Waals surface area contributed by atoms with Gasteiger partial charge in [-0.3, -0.25) is 9.59 Å². The highest BCUT2D eigenvalue weighted by atomic mass is 32.1. The smallest absolute Gasteiger partial charge is 0.261 e. The molecule has 5 nitrogen and oxygen atoms in total. The number of carbonyl (C=O) groups excluding carboxylic acids is 2. The molecular weight excluding hydrogens is 334 g/mol. The zero-order chi connectivity index (χ0) is 17.8. The second-order valence-corrected chi connectivity index (χ2v) is 7.38. The van der Waals surface area contributed by atoms with E-state index in [0.717, 1.165) is 0 Å². The molecule has 1 unspecified atom stereocenters. The van der Waals surface area contributed by atoms with Gasteiger partial charge in [0.05, 0.1) is 4.88 Å². The predicted molar refractivity (Wildman–Crippen MR) is 99.6 cm³/mol. The number of rotatable bonds is 5. The summed E-state index contributed by atoms with van der Waals surface area (Å²) in [6.07, 6.45) is 0. The summed E-state index contributed by atoms with van der Waals surface area (Å²) in [5, 5.41) is 4.64. The normalized spacial score (nSPS) is 21.1. The van der Waals surface area contributed by atoms with E-state index in [1.807, 2.05) is 34.5 Å². The zero-order valence-electron chi connectivity index (χ0n) is 14.2. The van der Waals surface area contributed by atoms with E-state index >= 15 is 0 Å². The Morgan fingerprint density at radius 2 is 2.00 bits per heavy atom. The summed E-state index contributed by atoms with van der Waals surface area (Å²) in [4.78, 5) is 27.4. The van der Waals surface area contributed by atoms with Gasteiger partial charge in [0.25, 0.3) is 5.91 Å². The average molecular weight is 357 g/mol. The third-order valence-electron chi connectivity index (χ3n) is 4.75. The van der Waals surface area contributed by atoms with E-state index in [2.05, 4.69) is 17.4 Å². The molecule has 0 spiro atoms. The summed E-state index contributed by atoms with van der Waals surface area (Å²) < 4.78 is 0. The average Bonchev–Trinajstić information content (AvgIpc) is 3.31. The van der Waals surface area contributed by atoms with Crippen LogP contribution in [0.3, 0.4) is 0 Å². The lowest BCUT2D eigenvalue weighted by Gasteiger charge is -2.21. The first kappa shape index (κ1) is 17.6. The van der Waals surface area contributed by atoms with Gasteiger partial charge in [0, 0.05) is 19.0 Å². The van der Waals surface area contributed by atoms with Gasteiger partial charge in [-0.25, -0.2) is 0 Å². The van der Waals surface area contributed by atoms with Gasteiger partial charge in [0.15, 0.2) is 0 Å². The van der Waals surface area contributed by atoms with E-state index in [1.165, 1.54) is 16.9 Å². The number of carbonyl (C=O) groups is 2. The van der Waals surface area contributed by atoms with E-state index in [9.17, 15) is 9.59 Å². The highest BCUT2D eigenvalue weighted by molar-refractivity contribution is 7.12. The summed E-state index contributed by atoms with van der Waals surface area (Å²) in [5.74, 6) is 0.230. The standard InChI is InChI=1S/C19H23N3O2S/c1-13(21-18(23)17-8-5-9-25-17)19(24)22-11-15(10-20)16(12-22)14-6-3-2-4-7-14/h2-9,13,15-16H,10-12,20H2,1H3,(H,21,23)/t13?,15-,16+/m1/s1. The maximum atomic E-state index is 12.8. The van der Waals surface area contributed by atoms with E-state index in [-0.39, 0.29) is 23.7 Å². The number of benzene rings is 1. The zero-order valence-corrected chi connectivity index (χ0v) is 15.0. The summed E-state index contributed by atoms with van der Waals surface area (Å²) >= 11 is 1.37.